The van der Waals surface area contributed by atoms with E-state index >= 15 is 0 Å². The van der Waals surface area contributed by atoms with Crippen molar-refractivity contribution < 1.29 is 13.2 Å². The molecule has 0 saturated heterocycles. The molecule has 0 saturated carbocycles. The molecule has 2 rings (SSSR count). The lowest BCUT2D eigenvalue weighted by Gasteiger charge is -2.21. The second-order valence-corrected chi connectivity index (χ2v) is 8.99. The van der Waals surface area contributed by atoms with E-state index in [0.29, 0.717) is 0 Å². The third-order valence-electron chi connectivity index (χ3n) is 4.38. The van der Waals surface area contributed by atoms with Crippen molar-refractivity contribution in [2.24, 2.45) is 0 Å². The molecule has 0 heterocycles. The van der Waals surface area contributed by atoms with Crippen LogP contribution in [0.1, 0.15) is 30.0 Å². The lowest BCUT2D eigenvalue weighted by atomic mass is 10.1. The zero-order chi connectivity index (χ0) is 19.9. The lowest BCUT2D eigenvalue weighted by molar-refractivity contribution is -0.122. The maximum absolute atomic E-state index is 12.3. The van der Waals surface area contributed by atoms with Gasteiger partial charge in [-0.15, -0.1) is 0 Å². The molecular weight excluding hydrogens is 360 g/mol. The summed E-state index contributed by atoms with van der Waals surface area (Å²) in [6.45, 7) is 3.92. The second kappa shape index (κ2) is 9.67. The number of carbonyl (C=O) groups is 1. The summed E-state index contributed by atoms with van der Waals surface area (Å²) in [6, 6.07) is 17.7. The van der Waals surface area contributed by atoms with Crippen LogP contribution in [0.2, 0.25) is 0 Å². The van der Waals surface area contributed by atoms with Gasteiger partial charge in [0.05, 0.1) is 12.8 Å². The van der Waals surface area contributed by atoms with Crippen LogP contribution in [0.4, 0.5) is 0 Å². The van der Waals surface area contributed by atoms with Gasteiger partial charge in [-0.05, 0) is 37.8 Å². The molecule has 6 heteroatoms. The number of amides is 1. The van der Waals surface area contributed by atoms with Gasteiger partial charge < -0.3 is 5.32 Å². The van der Waals surface area contributed by atoms with Crippen molar-refractivity contribution in [2.45, 2.75) is 39.3 Å². The number of benzene rings is 2. The average molecular weight is 389 g/mol. The van der Waals surface area contributed by atoms with Gasteiger partial charge in [0, 0.05) is 12.6 Å². The molecule has 0 aromatic heterocycles. The lowest BCUT2D eigenvalue weighted by Crippen LogP contribution is -2.42. The molecule has 0 aliphatic rings. The van der Waals surface area contributed by atoms with E-state index in [0.717, 1.165) is 30.2 Å². The summed E-state index contributed by atoms with van der Waals surface area (Å²) in [6.07, 6.45) is 2.79. The summed E-state index contributed by atoms with van der Waals surface area (Å²) >= 11 is 0. The molecule has 2 aromatic rings. The first kappa shape index (κ1) is 21.1. The van der Waals surface area contributed by atoms with Crippen LogP contribution in [-0.2, 0) is 27.8 Å². The van der Waals surface area contributed by atoms with E-state index in [1.807, 2.05) is 56.3 Å². The average Bonchev–Trinajstić information content (AvgIpc) is 2.61. The molecule has 1 amide bonds. The van der Waals surface area contributed by atoms with E-state index in [2.05, 4.69) is 17.4 Å². The van der Waals surface area contributed by atoms with Crippen LogP contribution in [0.15, 0.2) is 54.6 Å². The number of sulfonamides is 1. The van der Waals surface area contributed by atoms with Crippen LogP contribution in [0.5, 0.6) is 0 Å². The minimum Gasteiger partial charge on any atom is -0.352 e. The summed E-state index contributed by atoms with van der Waals surface area (Å²) in [5, 5.41) is 2.90. The van der Waals surface area contributed by atoms with Crippen LogP contribution in [0.3, 0.4) is 0 Å². The zero-order valence-electron chi connectivity index (χ0n) is 16.2. The fourth-order valence-electron chi connectivity index (χ4n) is 2.77. The van der Waals surface area contributed by atoms with E-state index in [1.54, 1.807) is 0 Å². The molecule has 5 nitrogen and oxygen atoms in total. The molecule has 27 heavy (non-hydrogen) atoms. The Labute approximate surface area is 162 Å². The molecule has 0 bridgehead atoms. The third-order valence-corrected chi connectivity index (χ3v) is 5.58. The summed E-state index contributed by atoms with van der Waals surface area (Å²) in [5.41, 5.74) is 3.18. The molecule has 1 N–H and O–H groups in total. The fraction of sp³-hybridized carbons (Fsp3) is 0.381. The molecule has 0 aliphatic carbocycles. The standard InChI is InChI=1S/C21H28N2O3S/c1-17-9-12-20(13-10-17)15-23(27(3,25)26)16-21(24)22-18(2)11-14-19-7-5-4-6-8-19/h4-10,12-13,18H,11,14-16H2,1-3H3,(H,22,24)/t18-/m1/s1. The van der Waals surface area contributed by atoms with Gasteiger partial charge in [-0.25, -0.2) is 8.42 Å². The van der Waals surface area contributed by atoms with Crippen molar-refractivity contribution in [3.63, 3.8) is 0 Å². The van der Waals surface area contributed by atoms with Crippen LogP contribution in [0.25, 0.3) is 0 Å². The summed E-state index contributed by atoms with van der Waals surface area (Å²) < 4.78 is 25.4. The highest BCUT2D eigenvalue weighted by molar-refractivity contribution is 7.88. The minimum atomic E-state index is -3.49. The zero-order valence-corrected chi connectivity index (χ0v) is 17.0. The second-order valence-electron chi connectivity index (χ2n) is 7.01. The van der Waals surface area contributed by atoms with Gasteiger partial charge in [0.2, 0.25) is 15.9 Å². The number of carbonyl (C=O) groups excluding carboxylic acids is 1. The highest BCUT2D eigenvalue weighted by atomic mass is 32.2. The molecule has 0 fully saturated rings. The van der Waals surface area contributed by atoms with E-state index < -0.39 is 10.0 Å². The van der Waals surface area contributed by atoms with Crippen molar-refractivity contribution in [3.8, 4) is 0 Å². The Morgan fingerprint density at radius 2 is 1.67 bits per heavy atom. The van der Waals surface area contributed by atoms with Gasteiger partial charge in [-0.3, -0.25) is 4.79 Å². The Balaban J connectivity index is 1.90. The number of hydrogen-bond acceptors (Lipinski definition) is 3. The van der Waals surface area contributed by atoms with Gasteiger partial charge in [0.25, 0.3) is 0 Å². The van der Waals surface area contributed by atoms with Crippen LogP contribution >= 0.6 is 0 Å². The van der Waals surface area contributed by atoms with Crippen LogP contribution < -0.4 is 5.32 Å². The van der Waals surface area contributed by atoms with Crippen LogP contribution in [0, 0.1) is 6.92 Å². The highest BCUT2D eigenvalue weighted by Crippen LogP contribution is 2.10. The third kappa shape index (κ3) is 7.53. The van der Waals surface area contributed by atoms with Crippen molar-refractivity contribution >= 4 is 15.9 Å². The number of aryl methyl sites for hydroxylation is 2. The summed E-state index contributed by atoms with van der Waals surface area (Å²) in [4.78, 5) is 12.3. The van der Waals surface area contributed by atoms with Gasteiger partial charge in [-0.2, -0.15) is 4.31 Å². The van der Waals surface area contributed by atoms with Crippen molar-refractivity contribution in [1.82, 2.24) is 9.62 Å². The topological polar surface area (TPSA) is 66.5 Å². The largest absolute Gasteiger partial charge is 0.352 e. The first-order chi connectivity index (χ1) is 12.7. The molecule has 0 radical (unpaired) electrons. The maximum atomic E-state index is 12.3. The van der Waals surface area contributed by atoms with Crippen molar-refractivity contribution in [3.05, 3.63) is 71.3 Å². The highest BCUT2D eigenvalue weighted by Gasteiger charge is 2.21. The molecule has 0 aliphatic heterocycles. The molecule has 2 aromatic carbocycles. The Morgan fingerprint density at radius 1 is 1.04 bits per heavy atom. The Hall–Kier alpha value is -2.18. The first-order valence-electron chi connectivity index (χ1n) is 9.08. The van der Waals surface area contributed by atoms with E-state index in [1.165, 1.54) is 9.87 Å². The van der Waals surface area contributed by atoms with Gasteiger partial charge >= 0.3 is 0 Å². The normalized spacial score (nSPS) is 12.7. The Morgan fingerprint density at radius 3 is 2.26 bits per heavy atom. The Bertz CT molecular complexity index is 833. The number of rotatable bonds is 9. The van der Waals surface area contributed by atoms with E-state index in [-0.39, 0.29) is 25.0 Å². The predicted molar refractivity (Wildman–Crippen MR) is 109 cm³/mol. The van der Waals surface area contributed by atoms with Gasteiger partial charge in [0.1, 0.15) is 0 Å². The summed E-state index contributed by atoms with van der Waals surface area (Å²) in [7, 11) is -3.49. The fourth-order valence-corrected chi connectivity index (χ4v) is 3.50. The smallest absolute Gasteiger partial charge is 0.235 e. The van der Waals surface area contributed by atoms with Crippen molar-refractivity contribution in [2.75, 3.05) is 12.8 Å². The van der Waals surface area contributed by atoms with E-state index in [9.17, 15) is 13.2 Å². The number of nitrogens with zero attached hydrogens (tertiary/aromatic N) is 1. The molecule has 0 spiro atoms. The Kier molecular flexibility index (Phi) is 7.56. The molecular formula is C21H28N2O3S. The van der Waals surface area contributed by atoms with E-state index in [4.69, 9.17) is 0 Å². The quantitative estimate of drug-likeness (QED) is 0.718. The SMILES string of the molecule is Cc1ccc(CN(CC(=O)N[C@H](C)CCc2ccccc2)S(C)(=O)=O)cc1. The minimum absolute atomic E-state index is 0.0292. The summed E-state index contributed by atoms with van der Waals surface area (Å²) in [5.74, 6) is -0.284. The monoisotopic (exact) mass is 388 g/mol. The van der Waals surface area contributed by atoms with Gasteiger partial charge in [0.15, 0.2) is 0 Å². The van der Waals surface area contributed by atoms with Crippen molar-refractivity contribution in [1.29, 1.82) is 0 Å². The number of nitrogens with one attached hydrogen (secondary N) is 1. The number of hydrogen-bond donors (Lipinski definition) is 1. The predicted octanol–water partition coefficient (Wildman–Crippen LogP) is 2.89. The molecule has 146 valence electrons. The molecule has 1 atom stereocenters. The van der Waals surface area contributed by atoms with Gasteiger partial charge in [-0.1, -0.05) is 60.2 Å². The first-order valence-corrected chi connectivity index (χ1v) is 10.9. The van der Waals surface area contributed by atoms with Crippen LogP contribution in [-0.4, -0.2) is 37.5 Å². The maximum Gasteiger partial charge on any atom is 0.235 e. The molecule has 0 unspecified atom stereocenters.